The molecule has 1 aliphatic heterocycles. The fourth-order valence-corrected chi connectivity index (χ4v) is 4.06. The van der Waals surface area contributed by atoms with Crippen LogP contribution >= 0.6 is 0 Å². The number of piperidine rings is 1. The number of nitrogens with zero attached hydrogens (tertiary/aromatic N) is 3. The molecular weight excluding hydrogens is 430 g/mol. The molecule has 34 heavy (non-hydrogen) atoms. The largest absolute Gasteiger partial charge is 0.366 e. The average Bonchev–Trinajstić information content (AvgIpc) is 3.28. The van der Waals surface area contributed by atoms with E-state index in [9.17, 15) is 9.59 Å². The summed E-state index contributed by atoms with van der Waals surface area (Å²) in [7, 11) is 0. The van der Waals surface area contributed by atoms with Crippen molar-refractivity contribution in [2.45, 2.75) is 45.6 Å². The Labute approximate surface area is 199 Å². The van der Waals surface area contributed by atoms with Crippen LogP contribution in [0.15, 0.2) is 53.1 Å². The van der Waals surface area contributed by atoms with Crippen molar-refractivity contribution in [2.75, 3.05) is 18.4 Å². The van der Waals surface area contributed by atoms with Crippen LogP contribution in [-0.4, -0.2) is 39.9 Å². The second-order valence-corrected chi connectivity index (χ2v) is 9.82. The fraction of sp³-hybridized carbons (Fsp3) is 0.385. The minimum Gasteiger partial charge on any atom is -0.366 e. The van der Waals surface area contributed by atoms with Crippen LogP contribution in [0.2, 0.25) is 0 Å². The van der Waals surface area contributed by atoms with Crippen LogP contribution < -0.4 is 11.1 Å². The van der Waals surface area contributed by atoms with Gasteiger partial charge in [0.05, 0.1) is 6.54 Å². The molecule has 4 rings (SSSR count). The normalized spacial score (nSPS) is 15.3. The van der Waals surface area contributed by atoms with E-state index in [-0.39, 0.29) is 17.2 Å². The van der Waals surface area contributed by atoms with E-state index < -0.39 is 5.91 Å². The lowest BCUT2D eigenvalue weighted by Gasteiger charge is -2.30. The number of hydrogen-bond donors (Lipinski definition) is 2. The van der Waals surface area contributed by atoms with Crippen molar-refractivity contribution in [1.29, 1.82) is 0 Å². The highest BCUT2D eigenvalue weighted by atomic mass is 16.5. The molecule has 0 unspecified atom stereocenters. The Morgan fingerprint density at radius 2 is 1.71 bits per heavy atom. The molecule has 8 heteroatoms. The van der Waals surface area contributed by atoms with E-state index in [0.717, 1.165) is 31.5 Å². The van der Waals surface area contributed by atoms with Crippen molar-refractivity contribution in [2.24, 2.45) is 11.7 Å². The molecule has 2 heterocycles. The Bertz CT molecular complexity index is 1140. The van der Waals surface area contributed by atoms with Gasteiger partial charge in [-0.3, -0.25) is 14.5 Å². The Hall–Kier alpha value is -3.52. The van der Waals surface area contributed by atoms with Gasteiger partial charge < -0.3 is 15.6 Å². The van der Waals surface area contributed by atoms with Gasteiger partial charge in [-0.2, -0.15) is 4.98 Å². The van der Waals surface area contributed by atoms with Gasteiger partial charge in [-0.15, -0.1) is 0 Å². The van der Waals surface area contributed by atoms with Crippen LogP contribution in [0.1, 0.15) is 55.4 Å². The van der Waals surface area contributed by atoms with E-state index in [2.05, 4.69) is 53.3 Å². The van der Waals surface area contributed by atoms with E-state index in [4.69, 9.17) is 10.3 Å². The first kappa shape index (κ1) is 23.6. The van der Waals surface area contributed by atoms with Crippen molar-refractivity contribution in [3.63, 3.8) is 0 Å². The van der Waals surface area contributed by atoms with E-state index in [1.54, 1.807) is 24.3 Å². The third kappa shape index (κ3) is 5.69. The first-order valence-corrected chi connectivity index (χ1v) is 11.6. The lowest BCUT2D eigenvalue weighted by Crippen LogP contribution is -2.37. The molecule has 0 saturated carbocycles. The molecule has 1 aromatic heterocycles. The average molecular weight is 462 g/mol. The van der Waals surface area contributed by atoms with Gasteiger partial charge >= 0.3 is 0 Å². The molecule has 0 bridgehead atoms. The number of amides is 2. The molecule has 8 nitrogen and oxygen atoms in total. The minimum atomic E-state index is -0.489. The maximum absolute atomic E-state index is 12.6. The van der Waals surface area contributed by atoms with Gasteiger partial charge in [-0.05, 0) is 61.2 Å². The molecule has 0 spiro atoms. The second kappa shape index (κ2) is 9.77. The molecule has 3 N–H and O–H groups in total. The number of likely N-dealkylation sites (tertiary alicyclic amines) is 1. The van der Waals surface area contributed by atoms with E-state index in [0.29, 0.717) is 29.5 Å². The van der Waals surface area contributed by atoms with Crippen LogP contribution in [-0.2, 0) is 16.8 Å². The lowest BCUT2D eigenvalue weighted by molar-refractivity contribution is -0.121. The Morgan fingerprint density at radius 1 is 1.06 bits per heavy atom. The van der Waals surface area contributed by atoms with E-state index in [1.165, 1.54) is 5.56 Å². The summed E-state index contributed by atoms with van der Waals surface area (Å²) >= 11 is 0. The number of nitrogens with one attached hydrogen (secondary N) is 1. The van der Waals surface area contributed by atoms with Crippen LogP contribution in [0.4, 0.5) is 5.69 Å². The van der Waals surface area contributed by atoms with Crippen LogP contribution in [0, 0.1) is 5.92 Å². The van der Waals surface area contributed by atoms with Crippen molar-refractivity contribution >= 4 is 17.5 Å². The van der Waals surface area contributed by atoms with Crippen molar-refractivity contribution in [3.05, 3.63) is 65.5 Å². The number of benzene rings is 2. The highest BCUT2D eigenvalue weighted by molar-refractivity contribution is 5.95. The van der Waals surface area contributed by atoms with Crippen molar-refractivity contribution in [3.8, 4) is 11.4 Å². The van der Waals surface area contributed by atoms with E-state index >= 15 is 0 Å². The standard InChI is InChI=1S/C26H31N5O3/c1-26(2,3)20-8-4-18(5-9-20)24-29-22(34-30-24)16-31-14-12-19(13-15-31)25(33)28-21-10-6-17(7-11-21)23(27)32/h4-11,19H,12-16H2,1-3H3,(H2,27,32)(H,28,33). The minimum absolute atomic E-state index is 0.00902. The van der Waals surface area contributed by atoms with Gasteiger partial charge in [0.2, 0.25) is 23.5 Å². The highest BCUT2D eigenvalue weighted by Crippen LogP contribution is 2.26. The van der Waals surface area contributed by atoms with Gasteiger partial charge in [-0.1, -0.05) is 50.2 Å². The van der Waals surface area contributed by atoms with Gasteiger partial charge in [0.25, 0.3) is 0 Å². The molecule has 0 aliphatic carbocycles. The molecular formula is C26H31N5O3. The number of anilines is 1. The summed E-state index contributed by atoms with van der Waals surface area (Å²) in [5.74, 6) is 0.605. The van der Waals surface area contributed by atoms with Crippen molar-refractivity contribution in [1.82, 2.24) is 15.0 Å². The van der Waals surface area contributed by atoms with Gasteiger partial charge in [0.15, 0.2) is 0 Å². The first-order valence-electron chi connectivity index (χ1n) is 11.6. The summed E-state index contributed by atoms with van der Waals surface area (Å²) in [6.45, 7) is 8.67. The molecule has 2 amide bonds. The summed E-state index contributed by atoms with van der Waals surface area (Å²) in [4.78, 5) is 30.6. The SMILES string of the molecule is CC(C)(C)c1ccc(-c2noc(CN3CCC(C(=O)Nc4ccc(C(N)=O)cc4)CC3)n2)cc1. The second-order valence-electron chi connectivity index (χ2n) is 9.82. The third-order valence-corrected chi connectivity index (χ3v) is 6.23. The zero-order valence-corrected chi connectivity index (χ0v) is 19.9. The molecule has 178 valence electrons. The Balaban J connectivity index is 1.27. The van der Waals surface area contributed by atoms with Crippen molar-refractivity contribution < 1.29 is 14.1 Å². The van der Waals surface area contributed by atoms with Gasteiger partial charge in [0.1, 0.15) is 0 Å². The van der Waals surface area contributed by atoms with Crippen LogP contribution in [0.5, 0.6) is 0 Å². The zero-order valence-electron chi connectivity index (χ0n) is 19.9. The first-order chi connectivity index (χ1) is 16.2. The summed E-state index contributed by atoms with van der Waals surface area (Å²) < 4.78 is 5.48. The maximum Gasteiger partial charge on any atom is 0.248 e. The quantitative estimate of drug-likeness (QED) is 0.574. The Kier molecular flexibility index (Phi) is 6.79. The predicted octanol–water partition coefficient (Wildman–Crippen LogP) is 3.98. The number of nitrogens with two attached hydrogens (primary N) is 1. The summed E-state index contributed by atoms with van der Waals surface area (Å²) in [6, 6.07) is 14.9. The van der Waals surface area contributed by atoms with Crippen LogP contribution in [0.25, 0.3) is 11.4 Å². The number of rotatable bonds is 6. The van der Waals surface area contributed by atoms with Crippen LogP contribution in [0.3, 0.4) is 0 Å². The summed E-state index contributed by atoms with van der Waals surface area (Å²) in [5.41, 5.74) is 8.62. The zero-order chi connectivity index (χ0) is 24.3. The molecule has 0 radical (unpaired) electrons. The number of hydrogen-bond acceptors (Lipinski definition) is 6. The molecule has 0 atom stereocenters. The number of primary amides is 1. The number of carbonyl (C=O) groups excluding carboxylic acids is 2. The van der Waals surface area contributed by atoms with E-state index in [1.807, 2.05) is 12.1 Å². The van der Waals surface area contributed by atoms with Gasteiger partial charge in [0, 0.05) is 22.7 Å². The molecule has 3 aromatic rings. The monoisotopic (exact) mass is 461 g/mol. The summed E-state index contributed by atoms with van der Waals surface area (Å²) in [5, 5.41) is 7.07. The lowest BCUT2D eigenvalue weighted by atomic mass is 9.87. The smallest absolute Gasteiger partial charge is 0.248 e. The third-order valence-electron chi connectivity index (χ3n) is 6.23. The topological polar surface area (TPSA) is 114 Å². The Morgan fingerprint density at radius 3 is 2.29 bits per heavy atom. The predicted molar refractivity (Wildman–Crippen MR) is 130 cm³/mol. The molecule has 1 aliphatic rings. The molecule has 1 saturated heterocycles. The number of aromatic nitrogens is 2. The summed E-state index contributed by atoms with van der Waals surface area (Å²) in [6.07, 6.45) is 1.50. The maximum atomic E-state index is 12.6. The molecule has 1 fully saturated rings. The molecule has 2 aromatic carbocycles. The van der Waals surface area contributed by atoms with Gasteiger partial charge in [-0.25, -0.2) is 0 Å². The number of carbonyl (C=O) groups is 2. The fourth-order valence-electron chi connectivity index (χ4n) is 4.06. The highest BCUT2D eigenvalue weighted by Gasteiger charge is 2.26.